The fourth-order valence-electron chi connectivity index (χ4n) is 2.34. The summed E-state index contributed by atoms with van der Waals surface area (Å²) in [7, 11) is 0. The molecular formula is C17H19F2N. The van der Waals surface area contributed by atoms with Crippen LogP contribution in [-0.4, -0.2) is 0 Å². The highest BCUT2D eigenvalue weighted by Gasteiger charge is 2.12. The zero-order valence-corrected chi connectivity index (χ0v) is 12.0. The zero-order chi connectivity index (χ0) is 14.7. The van der Waals surface area contributed by atoms with Crippen LogP contribution in [0, 0.1) is 25.5 Å². The standard InChI is InChI=1S/C17H19F2N/c1-11-5-4-6-12(2)16(11)10-20-13(3)15-9-14(18)7-8-17(15)19/h4-9,13,20H,10H2,1-3H3. The Labute approximate surface area is 118 Å². The summed E-state index contributed by atoms with van der Waals surface area (Å²) in [6, 6.07) is 9.43. The van der Waals surface area contributed by atoms with Crippen molar-refractivity contribution < 1.29 is 8.78 Å². The van der Waals surface area contributed by atoms with Gasteiger partial charge in [0.1, 0.15) is 11.6 Å². The first-order valence-electron chi connectivity index (χ1n) is 6.72. The number of hydrogen-bond donors (Lipinski definition) is 1. The monoisotopic (exact) mass is 275 g/mol. The molecule has 0 aliphatic carbocycles. The third-order valence-corrected chi connectivity index (χ3v) is 3.65. The first-order valence-corrected chi connectivity index (χ1v) is 6.72. The van der Waals surface area contributed by atoms with E-state index in [-0.39, 0.29) is 11.9 Å². The van der Waals surface area contributed by atoms with Crippen LogP contribution in [-0.2, 0) is 6.54 Å². The van der Waals surface area contributed by atoms with E-state index in [1.807, 2.05) is 13.0 Å². The fraction of sp³-hybridized carbons (Fsp3) is 0.294. The van der Waals surface area contributed by atoms with E-state index in [2.05, 4.69) is 31.3 Å². The van der Waals surface area contributed by atoms with Crippen molar-refractivity contribution in [2.24, 2.45) is 0 Å². The lowest BCUT2D eigenvalue weighted by molar-refractivity contribution is 0.517. The van der Waals surface area contributed by atoms with E-state index in [4.69, 9.17) is 0 Å². The van der Waals surface area contributed by atoms with Gasteiger partial charge in [-0.2, -0.15) is 0 Å². The average Bonchev–Trinajstić information content (AvgIpc) is 2.40. The van der Waals surface area contributed by atoms with Crippen molar-refractivity contribution >= 4 is 0 Å². The van der Waals surface area contributed by atoms with E-state index < -0.39 is 5.82 Å². The SMILES string of the molecule is Cc1cccc(C)c1CNC(C)c1cc(F)ccc1F. The lowest BCUT2D eigenvalue weighted by Crippen LogP contribution is -2.20. The summed E-state index contributed by atoms with van der Waals surface area (Å²) in [6.07, 6.45) is 0. The Hall–Kier alpha value is -1.74. The lowest BCUT2D eigenvalue weighted by Gasteiger charge is -2.17. The largest absolute Gasteiger partial charge is 0.306 e. The molecule has 0 fully saturated rings. The Balaban J connectivity index is 2.13. The van der Waals surface area contributed by atoms with Gasteiger partial charge < -0.3 is 5.32 Å². The molecule has 1 nitrogen and oxygen atoms in total. The van der Waals surface area contributed by atoms with E-state index in [9.17, 15) is 8.78 Å². The van der Waals surface area contributed by atoms with Crippen molar-refractivity contribution in [3.8, 4) is 0 Å². The molecule has 0 aliphatic heterocycles. The van der Waals surface area contributed by atoms with Crippen LogP contribution in [0.5, 0.6) is 0 Å². The van der Waals surface area contributed by atoms with Gasteiger partial charge in [-0.25, -0.2) is 8.78 Å². The number of nitrogens with one attached hydrogen (secondary N) is 1. The minimum atomic E-state index is -0.415. The summed E-state index contributed by atoms with van der Waals surface area (Å²) in [4.78, 5) is 0. The molecule has 0 aromatic heterocycles. The summed E-state index contributed by atoms with van der Waals surface area (Å²) < 4.78 is 26.9. The van der Waals surface area contributed by atoms with Crippen molar-refractivity contribution in [2.75, 3.05) is 0 Å². The topological polar surface area (TPSA) is 12.0 Å². The molecule has 0 aliphatic rings. The van der Waals surface area contributed by atoms with Crippen LogP contribution < -0.4 is 5.32 Å². The maximum absolute atomic E-state index is 13.7. The molecule has 0 radical (unpaired) electrons. The van der Waals surface area contributed by atoms with Gasteiger partial charge in [0, 0.05) is 18.2 Å². The second kappa shape index (κ2) is 6.14. The van der Waals surface area contributed by atoms with E-state index in [1.165, 1.54) is 28.8 Å². The van der Waals surface area contributed by atoms with Crippen LogP contribution in [0.25, 0.3) is 0 Å². The first-order chi connectivity index (χ1) is 9.49. The summed E-state index contributed by atoms with van der Waals surface area (Å²) in [5.74, 6) is -0.796. The van der Waals surface area contributed by atoms with Gasteiger partial charge in [-0.3, -0.25) is 0 Å². The van der Waals surface area contributed by atoms with Crippen LogP contribution in [0.4, 0.5) is 8.78 Å². The van der Waals surface area contributed by atoms with Gasteiger partial charge in [0.15, 0.2) is 0 Å². The Kier molecular flexibility index (Phi) is 4.50. The molecule has 0 spiro atoms. The van der Waals surface area contributed by atoms with Gasteiger partial charge in [0.2, 0.25) is 0 Å². The minimum Gasteiger partial charge on any atom is -0.306 e. The molecule has 1 atom stereocenters. The molecule has 0 amide bonds. The molecule has 0 saturated carbocycles. The second-order valence-electron chi connectivity index (χ2n) is 5.14. The predicted octanol–water partition coefficient (Wildman–Crippen LogP) is 4.43. The van der Waals surface area contributed by atoms with Crippen molar-refractivity contribution in [2.45, 2.75) is 33.4 Å². The molecule has 3 heteroatoms. The van der Waals surface area contributed by atoms with Crippen molar-refractivity contribution in [3.05, 3.63) is 70.3 Å². The number of benzene rings is 2. The Morgan fingerprint density at radius 1 is 1.05 bits per heavy atom. The molecule has 0 saturated heterocycles. The highest BCUT2D eigenvalue weighted by atomic mass is 19.1. The molecule has 1 unspecified atom stereocenters. The lowest BCUT2D eigenvalue weighted by atomic mass is 10.0. The van der Waals surface area contributed by atoms with Gasteiger partial charge >= 0.3 is 0 Å². The van der Waals surface area contributed by atoms with Crippen LogP contribution >= 0.6 is 0 Å². The normalized spacial score (nSPS) is 12.4. The van der Waals surface area contributed by atoms with Crippen molar-refractivity contribution in [1.82, 2.24) is 5.32 Å². The molecule has 0 heterocycles. The summed E-state index contributed by atoms with van der Waals surface area (Å²) in [5.41, 5.74) is 3.96. The van der Waals surface area contributed by atoms with Crippen molar-refractivity contribution in [1.29, 1.82) is 0 Å². The van der Waals surface area contributed by atoms with Gasteiger partial charge in [0.05, 0.1) is 0 Å². The summed E-state index contributed by atoms with van der Waals surface area (Å²) >= 11 is 0. The Morgan fingerprint density at radius 3 is 2.35 bits per heavy atom. The zero-order valence-electron chi connectivity index (χ0n) is 12.0. The minimum absolute atomic E-state index is 0.246. The van der Waals surface area contributed by atoms with Gasteiger partial charge in [-0.15, -0.1) is 0 Å². The average molecular weight is 275 g/mol. The van der Waals surface area contributed by atoms with Gasteiger partial charge in [0.25, 0.3) is 0 Å². The summed E-state index contributed by atoms with van der Waals surface area (Å²) in [5, 5.41) is 3.26. The molecule has 106 valence electrons. The quantitative estimate of drug-likeness (QED) is 0.870. The molecule has 2 rings (SSSR count). The third-order valence-electron chi connectivity index (χ3n) is 3.65. The molecule has 0 bridgehead atoms. The maximum atomic E-state index is 13.7. The van der Waals surface area contributed by atoms with E-state index >= 15 is 0 Å². The molecule has 20 heavy (non-hydrogen) atoms. The Bertz CT molecular complexity index is 588. The molecule has 2 aromatic rings. The van der Waals surface area contributed by atoms with Gasteiger partial charge in [-0.05, 0) is 55.7 Å². The van der Waals surface area contributed by atoms with E-state index in [0.29, 0.717) is 12.1 Å². The Morgan fingerprint density at radius 2 is 1.70 bits per heavy atom. The van der Waals surface area contributed by atoms with Crippen LogP contribution in [0.15, 0.2) is 36.4 Å². The number of rotatable bonds is 4. The molecule has 1 N–H and O–H groups in total. The molecule has 2 aromatic carbocycles. The van der Waals surface area contributed by atoms with E-state index in [0.717, 1.165) is 6.07 Å². The number of hydrogen-bond acceptors (Lipinski definition) is 1. The summed E-state index contributed by atoms with van der Waals surface area (Å²) in [6.45, 7) is 6.58. The molecular weight excluding hydrogens is 256 g/mol. The first kappa shape index (κ1) is 14.7. The number of aryl methyl sites for hydroxylation is 2. The highest BCUT2D eigenvalue weighted by molar-refractivity contribution is 5.33. The van der Waals surface area contributed by atoms with Crippen LogP contribution in [0.2, 0.25) is 0 Å². The highest BCUT2D eigenvalue weighted by Crippen LogP contribution is 2.20. The number of halogens is 2. The van der Waals surface area contributed by atoms with Crippen LogP contribution in [0.3, 0.4) is 0 Å². The van der Waals surface area contributed by atoms with Crippen molar-refractivity contribution in [3.63, 3.8) is 0 Å². The third kappa shape index (κ3) is 3.23. The maximum Gasteiger partial charge on any atom is 0.128 e. The smallest absolute Gasteiger partial charge is 0.128 e. The van der Waals surface area contributed by atoms with Crippen LogP contribution in [0.1, 0.15) is 35.2 Å². The predicted molar refractivity (Wildman–Crippen MR) is 77.5 cm³/mol. The van der Waals surface area contributed by atoms with Gasteiger partial charge in [-0.1, -0.05) is 18.2 Å². The second-order valence-corrected chi connectivity index (χ2v) is 5.14. The fourth-order valence-corrected chi connectivity index (χ4v) is 2.34. The van der Waals surface area contributed by atoms with E-state index in [1.54, 1.807) is 0 Å².